The van der Waals surface area contributed by atoms with Gasteiger partial charge in [-0.25, -0.2) is 0 Å². The molecule has 3 heteroatoms. The molecule has 16 heavy (non-hydrogen) atoms. The maximum atomic E-state index is 11.9. The Hall–Kier alpha value is -0.206. The van der Waals surface area contributed by atoms with Gasteiger partial charge < -0.3 is 5.32 Å². The smallest absolute Gasteiger partial charge is 0.230 e. The Morgan fingerprint density at radius 1 is 1.25 bits per heavy atom. The summed E-state index contributed by atoms with van der Waals surface area (Å²) in [7, 11) is 0. The fourth-order valence-electron chi connectivity index (χ4n) is 1.69. The Morgan fingerprint density at radius 2 is 1.75 bits per heavy atom. The third-order valence-corrected chi connectivity index (χ3v) is 3.27. The quantitative estimate of drug-likeness (QED) is 0.892. The minimum absolute atomic E-state index is 0. The number of rotatable bonds is 2. The molecule has 1 aromatic carbocycles. The summed E-state index contributed by atoms with van der Waals surface area (Å²) in [5.74, 6) is 0.167. The van der Waals surface area contributed by atoms with Gasteiger partial charge in [0.15, 0.2) is 0 Å². The summed E-state index contributed by atoms with van der Waals surface area (Å²) >= 11 is 0. The molecule has 1 N–H and O–H groups in total. The summed E-state index contributed by atoms with van der Waals surface area (Å²) in [6.07, 6.45) is 2.04. The van der Waals surface area contributed by atoms with E-state index in [0.717, 1.165) is 29.7 Å². The third kappa shape index (κ3) is 2.72. The maximum absolute atomic E-state index is 11.9. The zero-order valence-corrected chi connectivity index (χ0v) is 13.0. The third-order valence-electron chi connectivity index (χ3n) is 3.27. The van der Waals surface area contributed by atoms with Crippen molar-refractivity contribution in [3.8, 4) is 0 Å². The molecular weight excluding hydrogens is 275 g/mol. The molecular formula is C13H17NOY. The molecule has 83 valence electrons. The van der Waals surface area contributed by atoms with Crippen molar-refractivity contribution in [2.45, 2.75) is 33.6 Å². The number of hydrogen-bond donors (Lipinski definition) is 1. The minimum Gasteiger partial charge on any atom is -0.325 e. The molecule has 2 nitrogen and oxygen atoms in total. The molecule has 1 aliphatic carbocycles. The number of hydrogen-bond acceptors (Lipinski definition) is 1. The first-order chi connectivity index (χ1) is 7.03. The molecule has 0 heterocycles. The topological polar surface area (TPSA) is 29.1 Å². The Kier molecular flexibility index (Phi) is 4.31. The minimum atomic E-state index is -0.102. The van der Waals surface area contributed by atoms with Crippen molar-refractivity contribution in [3.05, 3.63) is 29.3 Å². The second kappa shape index (κ2) is 4.97. The number of benzene rings is 1. The van der Waals surface area contributed by atoms with Crippen LogP contribution in [0.25, 0.3) is 0 Å². The molecule has 1 amide bonds. The van der Waals surface area contributed by atoms with Gasteiger partial charge in [-0.05, 0) is 37.8 Å². The molecule has 0 aromatic heterocycles. The van der Waals surface area contributed by atoms with E-state index in [1.165, 1.54) is 0 Å². The predicted octanol–water partition coefficient (Wildman–Crippen LogP) is 3.04. The molecule has 0 unspecified atom stereocenters. The van der Waals surface area contributed by atoms with Crippen molar-refractivity contribution in [1.82, 2.24) is 0 Å². The maximum Gasteiger partial charge on any atom is 0.230 e. The average molecular weight is 292 g/mol. The molecule has 1 fully saturated rings. The monoisotopic (exact) mass is 292 g/mol. The summed E-state index contributed by atoms with van der Waals surface area (Å²) in [4.78, 5) is 11.9. The molecule has 0 atom stereocenters. The van der Waals surface area contributed by atoms with E-state index in [9.17, 15) is 4.79 Å². The van der Waals surface area contributed by atoms with Crippen molar-refractivity contribution in [1.29, 1.82) is 0 Å². The summed E-state index contributed by atoms with van der Waals surface area (Å²) in [6.45, 7) is 6.08. The predicted molar refractivity (Wildman–Crippen MR) is 61.9 cm³/mol. The number of nitrogens with one attached hydrogen (secondary N) is 1. The van der Waals surface area contributed by atoms with E-state index in [2.05, 4.69) is 5.32 Å². The van der Waals surface area contributed by atoms with E-state index >= 15 is 0 Å². The second-order valence-electron chi connectivity index (χ2n) is 4.78. The molecule has 2 rings (SSSR count). The summed E-state index contributed by atoms with van der Waals surface area (Å²) in [5, 5.41) is 3.04. The standard InChI is InChI=1S/C13H17NO.Y/c1-9-5-4-6-10(2)11(9)14-12(15)13(3)7-8-13;/h4-6H,7-8H2,1-3H3,(H,14,15);. The molecule has 0 aliphatic heterocycles. The molecule has 1 radical (unpaired) electrons. The SMILES string of the molecule is Cc1cccc(C)c1NC(=O)C1(C)CC1.[Y]. The van der Waals surface area contributed by atoms with E-state index in [-0.39, 0.29) is 44.0 Å². The zero-order valence-electron chi connectivity index (χ0n) is 10.1. The molecule has 1 aliphatic rings. The van der Waals surface area contributed by atoms with Crippen LogP contribution >= 0.6 is 0 Å². The fraction of sp³-hybridized carbons (Fsp3) is 0.462. The first-order valence-electron chi connectivity index (χ1n) is 5.41. The van der Waals surface area contributed by atoms with E-state index in [1.54, 1.807) is 0 Å². The normalized spacial score (nSPS) is 16.2. The Labute approximate surface area is 122 Å². The van der Waals surface area contributed by atoms with E-state index < -0.39 is 0 Å². The van der Waals surface area contributed by atoms with Gasteiger partial charge in [-0.2, -0.15) is 0 Å². The zero-order chi connectivity index (χ0) is 11.1. The van der Waals surface area contributed by atoms with Gasteiger partial charge in [-0.1, -0.05) is 25.1 Å². The van der Waals surface area contributed by atoms with Crippen LogP contribution in [-0.2, 0) is 37.5 Å². The fourth-order valence-corrected chi connectivity index (χ4v) is 1.69. The van der Waals surface area contributed by atoms with Crippen LogP contribution < -0.4 is 5.32 Å². The van der Waals surface area contributed by atoms with Crippen molar-refractivity contribution in [2.24, 2.45) is 5.41 Å². The molecule has 0 saturated heterocycles. The number of anilines is 1. The summed E-state index contributed by atoms with van der Waals surface area (Å²) < 4.78 is 0. The van der Waals surface area contributed by atoms with Crippen LogP contribution in [0, 0.1) is 19.3 Å². The van der Waals surface area contributed by atoms with Crippen LogP contribution in [0.1, 0.15) is 30.9 Å². The van der Waals surface area contributed by atoms with Gasteiger partial charge in [0.05, 0.1) is 0 Å². The first kappa shape index (κ1) is 13.9. The van der Waals surface area contributed by atoms with Crippen LogP contribution in [0.2, 0.25) is 0 Å². The Balaban J connectivity index is 0.00000128. The molecule has 1 saturated carbocycles. The van der Waals surface area contributed by atoms with Crippen LogP contribution in [-0.4, -0.2) is 5.91 Å². The van der Waals surface area contributed by atoms with Gasteiger partial charge >= 0.3 is 0 Å². The Bertz CT molecular complexity index is 390. The van der Waals surface area contributed by atoms with Gasteiger partial charge in [-0.15, -0.1) is 0 Å². The van der Waals surface area contributed by atoms with Gasteiger partial charge in [0.1, 0.15) is 0 Å². The van der Waals surface area contributed by atoms with E-state index in [1.807, 2.05) is 39.0 Å². The molecule has 0 bridgehead atoms. The van der Waals surface area contributed by atoms with E-state index in [0.29, 0.717) is 0 Å². The number of aryl methyl sites for hydroxylation is 2. The molecule has 1 aromatic rings. The number of carbonyl (C=O) groups excluding carboxylic acids is 1. The Morgan fingerprint density at radius 3 is 2.19 bits per heavy atom. The van der Waals surface area contributed by atoms with Gasteiger partial charge in [0.2, 0.25) is 5.91 Å². The van der Waals surface area contributed by atoms with E-state index in [4.69, 9.17) is 0 Å². The van der Waals surface area contributed by atoms with Gasteiger partial charge in [0, 0.05) is 43.8 Å². The second-order valence-corrected chi connectivity index (χ2v) is 4.78. The summed E-state index contributed by atoms with van der Waals surface area (Å²) in [6, 6.07) is 6.06. The van der Waals surface area contributed by atoms with Gasteiger partial charge in [0.25, 0.3) is 0 Å². The molecule has 0 spiro atoms. The average Bonchev–Trinajstić information content (AvgIpc) is 2.91. The van der Waals surface area contributed by atoms with Crippen molar-refractivity contribution < 1.29 is 37.5 Å². The van der Waals surface area contributed by atoms with Crippen LogP contribution in [0.3, 0.4) is 0 Å². The van der Waals surface area contributed by atoms with Crippen LogP contribution in [0.4, 0.5) is 5.69 Å². The first-order valence-corrected chi connectivity index (χ1v) is 5.41. The van der Waals surface area contributed by atoms with Crippen LogP contribution in [0.15, 0.2) is 18.2 Å². The van der Waals surface area contributed by atoms with Crippen LogP contribution in [0.5, 0.6) is 0 Å². The van der Waals surface area contributed by atoms with Gasteiger partial charge in [-0.3, -0.25) is 4.79 Å². The largest absolute Gasteiger partial charge is 0.325 e. The van der Waals surface area contributed by atoms with Crippen molar-refractivity contribution >= 4 is 11.6 Å². The number of carbonyl (C=O) groups is 1. The van der Waals surface area contributed by atoms with Crippen molar-refractivity contribution in [2.75, 3.05) is 5.32 Å². The summed E-state index contributed by atoms with van der Waals surface area (Å²) in [5.41, 5.74) is 3.14. The number of para-hydroxylation sites is 1. The number of amides is 1. The van der Waals surface area contributed by atoms with Crippen molar-refractivity contribution in [3.63, 3.8) is 0 Å².